The van der Waals surface area contributed by atoms with Crippen molar-refractivity contribution in [3.8, 4) is 0 Å². The van der Waals surface area contributed by atoms with Gasteiger partial charge in [0.25, 0.3) is 0 Å². The molecule has 3 N–H and O–H groups in total. The summed E-state index contributed by atoms with van der Waals surface area (Å²) in [6.07, 6.45) is 66.6. The Morgan fingerprint density at radius 2 is 0.859 bits per heavy atom. The quantitative estimate of drug-likeness (QED) is 0.0265. The highest BCUT2D eigenvalue weighted by molar-refractivity contribution is 7.47. The average Bonchev–Trinajstić information content (AvgIpc) is 3.28. The van der Waals surface area contributed by atoms with Crippen LogP contribution in [0.1, 0.15) is 174 Å². The van der Waals surface area contributed by atoms with Crippen molar-refractivity contribution in [2.45, 2.75) is 180 Å². The first kappa shape index (κ1) is 60.4. The average molecular weight is 910 g/mol. The number of unbranched alkanes of at least 4 members (excludes halogenated alkanes) is 11. The van der Waals surface area contributed by atoms with Crippen LogP contribution in [0, 0.1) is 0 Å². The van der Waals surface area contributed by atoms with E-state index in [1.165, 1.54) is 32.1 Å². The van der Waals surface area contributed by atoms with E-state index in [1.807, 2.05) is 0 Å². The van der Waals surface area contributed by atoms with Gasteiger partial charge in [0.05, 0.1) is 13.2 Å². The van der Waals surface area contributed by atoms with Crippen LogP contribution in [0.15, 0.2) is 122 Å². The van der Waals surface area contributed by atoms with Gasteiger partial charge in [0.2, 0.25) is 0 Å². The minimum absolute atomic E-state index is 0.0368. The molecule has 0 aromatic heterocycles. The maximum atomic E-state index is 12.6. The maximum Gasteiger partial charge on any atom is 0.472 e. The van der Waals surface area contributed by atoms with Crippen LogP contribution in [0.25, 0.3) is 0 Å². The zero-order valence-corrected chi connectivity index (χ0v) is 40.9. The van der Waals surface area contributed by atoms with Gasteiger partial charge in [0, 0.05) is 19.4 Å². The molecule has 0 aliphatic carbocycles. The summed E-state index contributed by atoms with van der Waals surface area (Å²) in [5, 5.41) is 0. The van der Waals surface area contributed by atoms with E-state index in [1.54, 1.807) is 0 Å². The third kappa shape index (κ3) is 47.9. The van der Waals surface area contributed by atoms with Crippen LogP contribution in [-0.2, 0) is 32.7 Å². The van der Waals surface area contributed by atoms with Gasteiger partial charge >= 0.3 is 19.8 Å². The SMILES string of the molecule is CC/C=C\C/C=C\C/C=C\C/C=C\C/C=C\C/C=C\C/C=C\C/C=C\CCCCC(=O)OC(COC(=O)CCCCCCC/C=C\C/C=C\CCCCCC)COP(=O)(O)OCCN. The van der Waals surface area contributed by atoms with E-state index in [0.717, 1.165) is 103 Å². The molecule has 0 amide bonds. The van der Waals surface area contributed by atoms with Crippen molar-refractivity contribution in [1.29, 1.82) is 0 Å². The molecule has 64 heavy (non-hydrogen) atoms. The van der Waals surface area contributed by atoms with Crippen molar-refractivity contribution in [3.05, 3.63) is 122 Å². The largest absolute Gasteiger partial charge is 0.472 e. The van der Waals surface area contributed by atoms with Gasteiger partial charge in [0.15, 0.2) is 6.10 Å². The number of allylic oxidation sites excluding steroid dienone is 20. The molecule has 0 fully saturated rings. The molecule has 9 nitrogen and oxygen atoms in total. The Bertz CT molecular complexity index is 1450. The second-order valence-corrected chi connectivity index (χ2v) is 17.0. The number of hydrogen-bond donors (Lipinski definition) is 2. The second kappa shape index (κ2) is 48.9. The molecule has 0 radical (unpaired) electrons. The number of carbonyl (C=O) groups excluding carboxylic acids is 2. The fourth-order valence-corrected chi connectivity index (χ4v) is 6.74. The molecule has 0 saturated heterocycles. The van der Waals surface area contributed by atoms with Gasteiger partial charge in [-0.1, -0.05) is 174 Å². The topological polar surface area (TPSA) is 134 Å². The van der Waals surface area contributed by atoms with Crippen molar-refractivity contribution in [3.63, 3.8) is 0 Å². The number of hydrogen-bond acceptors (Lipinski definition) is 8. The molecule has 0 spiro atoms. The number of carbonyl (C=O) groups is 2. The first-order valence-electron chi connectivity index (χ1n) is 24.5. The summed E-state index contributed by atoms with van der Waals surface area (Å²) in [5.41, 5.74) is 5.36. The van der Waals surface area contributed by atoms with Crippen LogP contribution in [-0.4, -0.2) is 49.3 Å². The van der Waals surface area contributed by atoms with Crippen LogP contribution in [0.2, 0.25) is 0 Å². The minimum atomic E-state index is -4.41. The number of esters is 2. The molecule has 0 aromatic carbocycles. The molecule has 0 rings (SSSR count). The van der Waals surface area contributed by atoms with Gasteiger partial charge in [-0.2, -0.15) is 0 Å². The van der Waals surface area contributed by atoms with Gasteiger partial charge in [-0.25, -0.2) is 4.57 Å². The Kier molecular flexibility index (Phi) is 46.1. The van der Waals surface area contributed by atoms with E-state index in [-0.39, 0.29) is 32.6 Å². The summed E-state index contributed by atoms with van der Waals surface area (Å²) in [5.74, 6) is -0.907. The number of phosphoric acid groups is 1. The molecule has 0 saturated carbocycles. The molecule has 0 heterocycles. The predicted octanol–water partition coefficient (Wildman–Crippen LogP) is 14.9. The van der Waals surface area contributed by atoms with E-state index >= 15 is 0 Å². The standard InChI is InChI=1S/C54H88NO8P/c1-3-5-7-9-11-13-15-17-19-21-22-23-24-25-26-27-28-29-30-31-33-35-37-39-41-43-45-47-54(57)63-52(51-62-64(58,59)61-49-48-55)50-60-53(56)46-44-42-40-38-36-34-32-20-18-16-14-12-10-8-6-4-2/h5,7,11,13-14,16-17,19-20,22-23,25-26,28-29,31-33,37,39,52H,3-4,6,8-10,12,15,18,21,24,27,30,34-36,38,40-51,55H2,1-2H3,(H,58,59)/b7-5-,13-11-,16-14-,19-17-,23-22-,26-25-,29-28-,32-20-,33-31-,39-37-. The first-order valence-corrected chi connectivity index (χ1v) is 26.0. The van der Waals surface area contributed by atoms with Crippen molar-refractivity contribution in [1.82, 2.24) is 0 Å². The van der Waals surface area contributed by atoms with Crippen LogP contribution in [0.4, 0.5) is 0 Å². The van der Waals surface area contributed by atoms with Gasteiger partial charge < -0.3 is 20.1 Å². The van der Waals surface area contributed by atoms with Crippen LogP contribution >= 0.6 is 7.82 Å². The number of rotatable bonds is 44. The third-order valence-corrected chi connectivity index (χ3v) is 10.6. The first-order chi connectivity index (χ1) is 31.3. The fraction of sp³-hybridized carbons (Fsp3) is 0.593. The molecule has 0 bridgehead atoms. The summed E-state index contributed by atoms with van der Waals surface area (Å²) in [6.45, 7) is 3.51. The summed E-state index contributed by atoms with van der Waals surface area (Å²) in [7, 11) is -4.41. The molecular formula is C54H88NO8P. The molecular weight excluding hydrogens is 822 g/mol. The van der Waals surface area contributed by atoms with E-state index in [9.17, 15) is 19.0 Å². The molecule has 0 aromatic rings. The van der Waals surface area contributed by atoms with Gasteiger partial charge in [-0.05, 0) is 109 Å². The predicted molar refractivity (Wildman–Crippen MR) is 270 cm³/mol. The van der Waals surface area contributed by atoms with E-state index in [4.69, 9.17) is 24.3 Å². The van der Waals surface area contributed by atoms with Crippen molar-refractivity contribution < 1.29 is 37.6 Å². The summed E-state index contributed by atoms with van der Waals surface area (Å²) >= 11 is 0. The minimum Gasteiger partial charge on any atom is -0.462 e. The lowest BCUT2D eigenvalue weighted by molar-refractivity contribution is -0.161. The molecule has 362 valence electrons. The highest BCUT2D eigenvalue weighted by Crippen LogP contribution is 2.43. The third-order valence-electron chi connectivity index (χ3n) is 9.58. The number of phosphoric ester groups is 1. The molecule has 2 unspecified atom stereocenters. The molecule has 0 aliphatic rings. The van der Waals surface area contributed by atoms with E-state index in [2.05, 4.69) is 135 Å². The van der Waals surface area contributed by atoms with Crippen molar-refractivity contribution in [2.75, 3.05) is 26.4 Å². The zero-order valence-electron chi connectivity index (χ0n) is 40.0. The lowest BCUT2D eigenvalue weighted by Gasteiger charge is -2.19. The van der Waals surface area contributed by atoms with Gasteiger partial charge in [-0.3, -0.25) is 18.6 Å². The summed E-state index contributed by atoms with van der Waals surface area (Å²) in [4.78, 5) is 35.0. The Morgan fingerprint density at radius 3 is 1.31 bits per heavy atom. The number of nitrogens with two attached hydrogens (primary N) is 1. The van der Waals surface area contributed by atoms with Crippen LogP contribution in [0.5, 0.6) is 0 Å². The Hall–Kier alpha value is -3.59. The van der Waals surface area contributed by atoms with Gasteiger partial charge in [-0.15, -0.1) is 0 Å². The number of ether oxygens (including phenoxy) is 2. The normalized spacial score (nSPS) is 14.2. The lowest BCUT2D eigenvalue weighted by atomic mass is 10.1. The van der Waals surface area contributed by atoms with Crippen molar-refractivity contribution in [2.24, 2.45) is 5.73 Å². The van der Waals surface area contributed by atoms with Crippen molar-refractivity contribution >= 4 is 19.8 Å². The maximum absolute atomic E-state index is 12.6. The van der Waals surface area contributed by atoms with E-state index < -0.39 is 32.5 Å². The Morgan fingerprint density at radius 1 is 0.484 bits per heavy atom. The van der Waals surface area contributed by atoms with Crippen LogP contribution < -0.4 is 5.73 Å². The highest BCUT2D eigenvalue weighted by Gasteiger charge is 2.26. The Labute approximate surface area is 390 Å². The monoisotopic (exact) mass is 910 g/mol. The molecule has 0 aliphatic heterocycles. The molecule has 2 atom stereocenters. The summed E-state index contributed by atoms with van der Waals surface area (Å²) < 4.78 is 32.8. The Balaban J connectivity index is 4.24. The van der Waals surface area contributed by atoms with E-state index in [0.29, 0.717) is 12.8 Å². The van der Waals surface area contributed by atoms with Gasteiger partial charge in [0.1, 0.15) is 6.61 Å². The lowest BCUT2D eigenvalue weighted by Crippen LogP contribution is -2.29. The molecule has 10 heteroatoms. The smallest absolute Gasteiger partial charge is 0.462 e. The fourth-order valence-electron chi connectivity index (χ4n) is 5.97. The highest BCUT2D eigenvalue weighted by atomic mass is 31.2. The summed E-state index contributed by atoms with van der Waals surface area (Å²) in [6, 6.07) is 0. The second-order valence-electron chi connectivity index (χ2n) is 15.6. The van der Waals surface area contributed by atoms with Crippen LogP contribution in [0.3, 0.4) is 0 Å². The zero-order chi connectivity index (χ0) is 46.7.